The Labute approximate surface area is 76.2 Å². The Morgan fingerprint density at radius 2 is 2.31 bits per heavy atom. The predicted octanol–water partition coefficient (Wildman–Crippen LogP) is 0.509. The molecule has 1 unspecified atom stereocenters. The third-order valence-electron chi connectivity index (χ3n) is 2.07. The molecule has 0 aliphatic carbocycles. The highest BCUT2D eigenvalue weighted by Crippen LogP contribution is 2.20. The Morgan fingerprint density at radius 1 is 1.69 bits per heavy atom. The second-order valence-corrected chi connectivity index (χ2v) is 3.03. The molecule has 0 aromatic carbocycles. The van der Waals surface area contributed by atoms with Gasteiger partial charge < -0.3 is 5.32 Å². The maximum absolute atomic E-state index is 11.1. The lowest BCUT2D eigenvalue weighted by molar-refractivity contribution is -0.123. The Kier molecular flexibility index (Phi) is 2.47. The Balaban J connectivity index is 2.99. The van der Waals surface area contributed by atoms with E-state index >= 15 is 0 Å². The number of hydrogen-bond acceptors (Lipinski definition) is 3. The molecule has 4 heteroatoms. The lowest BCUT2D eigenvalue weighted by atomic mass is 9.92. The van der Waals surface area contributed by atoms with Crippen LogP contribution in [0.3, 0.4) is 0 Å². The molecule has 1 amide bonds. The molecule has 0 saturated heterocycles. The first kappa shape index (κ1) is 9.46. The molecule has 1 atom stereocenters. The fourth-order valence-corrected chi connectivity index (χ4v) is 1.31. The van der Waals surface area contributed by atoms with Gasteiger partial charge in [0.2, 0.25) is 5.91 Å². The number of allylic oxidation sites excluding steroid dienone is 2. The molecule has 0 saturated carbocycles. The second kappa shape index (κ2) is 3.40. The summed E-state index contributed by atoms with van der Waals surface area (Å²) in [6, 6.07) is 1.86. The van der Waals surface area contributed by atoms with Gasteiger partial charge in [0.15, 0.2) is 5.78 Å². The zero-order valence-electron chi connectivity index (χ0n) is 7.55. The number of nitrogens with one attached hydrogen (secondary N) is 1. The van der Waals surface area contributed by atoms with Crippen molar-refractivity contribution >= 4 is 11.7 Å². The van der Waals surface area contributed by atoms with Crippen LogP contribution in [0.15, 0.2) is 11.3 Å². The van der Waals surface area contributed by atoms with Crippen LogP contribution in [-0.4, -0.2) is 11.7 Å². The maximum Gasteiger partial charge on any atom is 0.241 e. The van der Waals surface area contributed by atoms with Gasteiger partial charge in [-0.25, -0.2) is 0 Å². The maximum atomic E-state index is 11.1. The molecule has 0 fully saturated rings. The van der Waals surface area contributed by atoms with Crippen molar-refractivity contribution in [3.63, 3.8) is 0 Å². The molecule has 0 radical (unpaired) electrons. The number of nitriles is 1. The van der Waals surface area contributed by atoms with Crippen LogP contribution in [0, 0.1) is 17.2 Å². The van der Waals surface area contributed by atoms with E-state index in [1.165, 1.54) is 6.92 Å². The number of rotatable bonds is 1. The van der Waals surface area contributed by atoms with Crippen LogP contribution in [0.4, 0.5) is 0 Å². The fourth-order valence-electron chi connectivity index (χ4n) is 1.31. The molecular weight excluding hydrogens is 168 g/mol. The first-order valence-corrected chi connectivity index (χ1v) is 3.97. The van der Waals surface area contributed by atoms with Crippen LogP contribution in [0.2, 0.25) is 0 Å². The van der Waals surface area contributed by atoms with Crippen molar-refractivity contribution in [1.82, 2.24) is 5.32 Å². The molecule has 0 spiro atoms. The molecule has 13 heavy (non-hydrogen) atoms. The molecule has 1 aliphatic rings. The van der Waals surface area contributed by atoms with Crippen LogP contribution in [0.5, 0.6) is 0 Å². The standard InChI is InChI=1S/C9H10N2O2/c1-5-8(6(2)12)3-7(4-10)9(13)11-5/h7H,3H2,1-2H3,(H,11,13). The second-order valence-electron chi connectivity index (χ2n) is 3.03. The van der Waals surface area contributed by atoms with Gasteiger partial charge in [-0.2, -0.15) is 5.26 Å². The van der Waals surface area contributed by atoms with Gasteiger partial charge in [-0.05, 0) is 13.8 Å². The van der Waals surface area contributed by atoms with Gasteiger partial charge in [-0.3, -0.25) is 9.59 Å². The highest BCUT2D eigenvalue weighted by molar-refractivity contribution is 5.98. The highest BCUT2D eigenvalue weighted by Gasteiger charge is 2.27. The summed E-state index contributed by atoms with van der Waals surface area (Å²) in [6.07, 6.45) is 0.240. The largest absolute Gasteiger partial charge is 0.329 e. The van der Waals surface area contributed by atoms with Crippen molar-refractivity contribution in [1.29, 1.82) is 5.26 Å². The molecule has 0 aromatic heterocycles. The lowest BCUT2D eigenvalue weighted by Gasteiger charge is -2.19. The minimum absolute atomic E-state index is 0.0854. The predicted molar refractivity (Wildman–Crippen MR) is 45.2 cm³/mol. The number of hydrogen-bond donors (Lipinski definition) is 1. The van der Waals surface area contributed by atoms with E-state index in [1.54, 1.807) is 6.92 Å². The Morgan fingerprint density at radius 3 is 2.77 bits per heavy atom. The molecule has 0 bridgehead atoms. The summed E-state index contributed by atoms with van der Waals surface area (Å²) in [6.45, 7) is 3.10. The fraction of sp³-hybridized carbons (Fsp3) is 0.444. The van der Waals surface area contributed by atoms with E-state index < -0.39 is 5.92 Å². The van der Waals surface area contributed by atoms with Crippen LogP contribution in [-0.2, 0) is 9.59 Å². The van der Waals surface area contributed by atoms with Crippen molar-refractivity contribution in [2.24, 2.45) is 5.92 Å². The topological polar surface area (TPSA) is 70.0 Å². The Hall–Kier alpha value is -1.63. The normalized spacial score (nSPS) is 22.2. The molecule has 0 aromatic rings. The van der Waals surface area contributed by atoms with E-state index in [0.717, 1.165) is 0 Å². The first-order valence-electron chi connectivity index (χ1n) is 3.97. The third kappa shape index (κ3) is 1.75. The van der Waals surface area contributed by atoms with Crippen molar-refractivity contribution in [3.05, 3.63) is 11.3 Å². The number of Topliss-reactive ketones (excluding diaryl/α,β-unsaturated/α-hetero) is 1. The summed E-state index contributed by atoms with van der Waals surface area (Å²) < 4.78 is 0. The average molecular weight is 178 g/mol. The molecule has 68 valence electrons. The van der Waals surface area contributed by atoms with E-state index in [-0.39, 0.29) is 18.1 Å². The third-order valence-corrected chi connectivity index (χ3v) is 2.07. The summed E-state index contributed by atoms with van der Waals surface area (Å²) in [5.41, 5.74) is 1.12. The van der Waals surface area contributed by atoms with E-state index in [9.17, 15) is 9.59 Å². The van der Waals surface area contributed by atoms with Crippen molar-refractivity contribution < 1.29 is 9.59 Å². The van der Waals surface area contributed by atoms with E-state index in [2.05, 4.69) is 5.32 Å². The number of nitrogens with zero attached hydrogens (tertiary/aromatic N) is 1. The van der Waals surface area contributed by atoms with Gasteiger partial charge in [0, 0.05) is 17.7 Å². The van der Waals surface area contributed by atoms with Crippen LogP contribution in [0.1, 0.15) is 20.3 Å². The van der Waals surface area contributed by atoms with Gasteiger partial charge in [-0.1, -0.05) is 0 Å². The molecule has 1 heterocycles. The summed E-state index contributed by atoms with van der Waals surface area (Å²) in [5.74, 6) is -1.12. The van der Waals surface area contributed by atoms with E-state index in [0.29, 0.717) is 11.3 Å². The average Bonchev–Trinajstić information content (AvgIpc) is 2.03. The molecule has 4 nitrogen and oxygen atoms in total. The monoisotopic (exact) mass is 178 g/mol. The lowest BCUT2D eigenvalue weighted by Crippen LogP contribution is -2.35. The number of amides is 1. The Bertz CT molecular complexity index is 336. The van der Waals surface area contributed by atoms with Gasteiger partial charge in [0.1, 0.15) is 5.92 Å². The molecular formula is C9H10N2O2. The number of carbonyl (C=O) groups excluding carboxylic acids is 2. The van der Waals surface area contributed by atoms with Crippen LogP contribution in [0.25, 0.3) is 0 Å². The van der Waals surface area contributed by atoms with E-state index in [4.69, 9.17) is 5.26 Å². The molecule has 1 rings (SSSR count). The summed E-state index contributed by atoms with van der Waals surface area (Å²) >= 11 is 0. The smallest absolute Gasteiger partial charge is 0.241 e. The van der Waals surface area contributed by atoms with Gasteiger partial charge in [0.05, 0.1) is 6.07 Å². The first-order chi connectivity index (χ1) is 6.06. The summed E-state index contributed by atoms with van der Waals surface area (Å²) in [7, 11) is 0. The quantitative estimate of drug-likeness (QED) is 0.636. The highest BCUT2D eigenvalue weighted by atomic mass is 16.2. The minimum Gasteiger partial charge on any atom is -0.329 e. The number of carbonyl (C=O) groups is 2. The minimum atomic E-state index is -0.720. The van der Waals surface area contributed by atoms with E-state index in [1.807, 2.05) is 6.07 Å². The summed E-state index contributed by atoms with van der Waals surface area (Å²) in [5, 5.41) is 11.1. The van der Waals surface area contributed by atoms with Gasteiger partial charge in [-0.15, -0.1) is 0 Å². The zero-order chi connectivity index (χ0) is 10.0. The van der Waals surface area contributed by atoms with Gasteiger partial charge >= 0.3 is 0 Å². The molecule has 1 aliphatic heterocycles. The SMILES string of the molecule is CC(=O)C1=C(C)NC(=O)C(C#N)C1. The van der Waals surface area contributed by atoms with Crippen LogP contribution >= 0.6 is 0 Å². The van der Waals surface area contributed by atoms with Crippen molar-refractivity contribution in [3.8, 4) is 6.07 Å². The van der Waals surface area contributed by atoms with Gasteiger partial charge in [0.25, 0.3) is 0 Å². The van der Waals surface area contributed by atoms with Crippen molar-refractivity contribution in [2.75, 3.05) is 0 Å². The van der Waals surface area contributed by atoms with Crippen molar-refractivity contribution in [2.45, 2.75) is 20.3 Å². The zero-order valence-corrected chi connectivity index (χ0v) is 7.55. The van der Waals surface area contributed by atoms with Crippen LogP contribution < -0.4 is 5.32 Å². The molecule has 1 N–H and O–H groups in total. The number of ketones is 1. The summed E-state index contributed by atoms with van der Waals surface area (Å²) in [4.78, 5) is 22.2.